The molecule has 0 aliphatic rings. The van der Waals surface area contributed by atoms with Crippen LogP contribution >= 0.6 is 0 Å². The van der Waals surface area contributed by atoms with Crippen LogP contribution in [0.2, 0.25) is 0 Å². The van der Waals surface area contributed by atoms with Crippen LogP contribution in [0.3, 0.4) is 0 Å². The van der Waals surface area contributed by atoms with Gasteiger partial charge in [0, 0.05) is 106 Å². The lowest BCUT2D eigenvalue weighted by Gasteiger charge is -2.18. The standard InChI is InChI=1S/C50H32N10/c1-3-23-51-41(21-1)33-13-5-25-53-43(33)34-14-6-26-54-44(34)35-15-7-27-55-45(35)36-16-8-28-56-46(36)37-17-9-29-57-47(37)38-18-10-30-58-48(38)39-19-11-31-59-49(39)40-20-12-32-60-50(40)42-22-2-4-24-52-42/h1-32H. The lowest BCUT2D eigenvalue weighted by molar-refractivity contribution is 1.22. The van der Waals surface area contributed by atoms with Crippen molar-refractivity contribution in [1.82, 2.24) is 49.8 Å². The van der Waals surface area contributed by atoms with Crippen molar-refractivity contribution in [2.24, 2.45) is 0 Å². The van der Waals surface area contributed by atoms with Crippen LogP contribution < -0.4 is 0 Å². The van der Waals surface area contributed by atoms with Gasteiger partial charge >= 0.3 is 0 Å². The molecule has 0 bridgehead atoms. The molecule has 10 rings (SSSR count). The molecule has 0 aliphatic heterocycles. The second-order valence-electron chi connectivity index (χ2n) is 13.6. The number of aromatic nitrogens is 10. The highest BCUT2D eigenvalue weighted by atomic mass is 14.8. The molecular weight excluding hydrogens is 741 g/mol. The maximum atomic E-state index is 5.02. The van der Waals surface area contributed by atoms with Gasteiger partial charge in [0.2, 0.25) is 0 Å². The first-order valence-electron chi connectivity index (χ1n) is 19.3. The van der Waals surface area contributed by atoms with Gasteiger partial charge in [-0.1, -0.05) is 12.1 Å². The molecule has 0 unspecified atom stereocenters. The summed E-state index contributed by atoms with van der Waals surface area (Å²) in [4.78, 5) is 48.8. The van der Waals surface area contributed by atoms with E-state index in [4.69, 9.17) is 39.9 Å². The lowest BCUT2D eigenvalue weighted by atomic mass is 9.92. The Morgan fingerprint density at radius 2 is 0.400 bits per heavy atom. The summed E-state index contributed by atoms with van der Waals surface area (Å²) in [7, 11) is 0. The van der Waals surface area contributed by atoms with E-state index < -0.39 is 0 Å². The quantitative estimate of drug-likeness (QED) is 0.140. The zero-order valence-electron chi connectivity index (χ0n) is 31.9. The molecule has 0 saturated carbocycles. The Morgan fingerprint density at radius 1 is 0.167 bits per heavy atom. The van der Waals surface area contributed by atoms with Crippen molar-refractivity contribution < 1.29 is 0 Å². The van der Waals surface area contributed by atoms with E-state index in [1.165, 1.54) is 0 Å². The van der Waals surface area contributed by atoms with Gasteiger partial charge in [0.1, 0.15) is 0 Å². The van der Waals surface area contributed by atoms with Crippen LogP contribution in [0.25, 0.3) is 101 Å². The molecule has 0 aliphatic carbocycles. The summed E-state index contributed by atoms with van der Waals surface area (Å²) in [6, 6.07) is 43.3. The Hall–Kier alpha value is -8.50. The van der Waals surface area contributed by atoms with Crippen LogP contribution in [-0.4, -0.2) is 49.8 Å². The second kappa shape index (κ2) is 16.2. The van der Waals surface area contributed by atoms with Crippen molar-refractivity contribution >= 4 is 0 Å². The molecule has 0 amide bonds. The fraction of sp³-hybridized carbons (Fsp3) is 0. The summed E-state index contributed by atoms with van der Waals surface area (Å²) < 4.78 is 0. The summed E-state index contributed by atoms with van der Waals surface area (Å²) >= 11 is 0. The van der Waals surface area contributed by atoms with E-state index in [9.17, 15) is 0 Å². The monoisotopic (exact) mass is 772 g/mol. The van der Waals surface area contributed by atoms with Gasteiger partial charge in [-0.05, 0) is 121 Å². The van der Waals surface area contributed by atoms with Crippen molar-refractivity contribution in [3.63, 3.8) is 0 Å². The average molecular weight is 773 g/mol. The van der Waals surface area contributed by atoms with Gasteiger partial charge in [0.05, 0.1) is 56.9 Å². The Bertz CT molecular complexity index is 2910. The van der Waals surface area contributed by atoms with Gasteiger partial charge in [-0.2, -0.15) is 0 Å². The van der Waals surface area contributed by atoms with E-state index in [1.54, 1.807) is 62.0 Å². The summed E-state index contributed by atoms with van der Waals surface area (Å²) in [6.07, 6.45) is 17.9. The smallest absolute Gasteiger partial charge is 0.0980 e. The number of nitrogens with zero attached hydrogens (tertiary/aromatic N) is 10. The van der Waals surface area contributed by atoms with Crippen LogP contribution in [0.1, 0.15) is 0 Å². The van der Waals surface area contributed by atoms with Crippen LogP contribution in [0.15, 0.2) is 195 Å². The fourth-order valence-electron chi connectivity index (χ4n) is 7.52. The second-order valence-corrected chi connectivity index (χ2v) is 13.6. The molecule has 0 spiro atoms. The highest BCUT2D eigenvalue weighted by molar-refractivity contribution is 5.98. The number of rotatable bonds is 9. The zero-order chi connectivity index (χ0) is 40.1. The van der Waals surface area contributed by atoms with E-state index in [0.29, 0.717) is 22.8 Å². The minimum Gasteiger partial charge on any atom is -0.256 e. The van der Waals surface area contributed by atoms with E-state index in [0.717, 1.165) is 78.7 Å². The zero-order valence-corrected chi connectivity index (χ0v) is 31.9. The largest absolute Gasteiger partial charge is 0.256 e. The minimum atomic E-state index is 0.705. The van der Waals surface area contributed by atoms with Gasteiger partial charge in [-0.3, -0.25) is 49.8 Å². The molecule has 0 atom stereocenters. The maximum absolute atomic E-state index is 5.02. The first-order chi connectivity index (χ1) is 29.8. The van der Waals surface area contributed by atoms with E-state index in [1.807, 2.05) is 133 Å². The molecule has 10 heteroatoms. The Morgan fingerprint density at radius 3 is 0.700 bits per heavy atom. The Labute approximate surface area is 345 Å². The topological polar surface area (TPSA) is 129 Å². The van der Waals surface area contributed by atoms with Gasteiger partial charge in [0.25, 0.3) is 0 Å². The molecule has 10 heterocycles. The maximum Gasteiger partial charge on any atom is 0.0980 e. The molecule has 10 nitrogen and oxygen atoms in total. The number of hydrogen-bond donors (Lipinski definition) is 0. The van der Waals surface area contributed by atoms with Gasteiger partial charge in [0.15, 0.2) is 0 Å². The van der Waals surface area contributed by atoms with Crippen molar-refractivity contribution in [3.05, 3.63) is 195 Å². The van der Waals surface area contributed by atoms with E-state index in [-0.39, 0.29) is 0 Å². The molecule has 0 fully saturated rings. The highest BCUT2D eigenvalue weighted by Crippen LogP contribution is 2.44. The van der Waals surface area contributed by atoms with E-state index in [2.05, 4.69) is 9.97 Å². The molecule has 0 N–H and O–H groups in total. The lowest BCUT2D eigenvalue weighted by Crippen LogP contribution is -2.00. The van der Waals surface area contributed by atoms with Crippen molar-refractivity contribution in [1.29, 1.82) is 0 Å². The normalized spacial score (nSPS) is 11.0. The first kappa shape index (κ1) is 35.9. The van der Waals surface area contributed by atoms with Crippen molar-refractivity contribution in [2.75, 3.05) is 0 Å². The fourth-order valence-corrected chi connectivity index (χ4v) is 7.52. The van der Waals surface area contributed by atoms with Gasteiger partial charge < -0.3 is 0 Å². The molecule has 0 radical (unpaired) electrons. The van der Waals surface area contributed by atoms with Crippen molar-refractivity contribution in [3.8, 4) is 101 Å². The molecule has 282 valence electrons. The third kappa shape index (κ3) is 6.73. The van der Waals surface area contributed by atoms with Crippen molar-refractivity contribution in [2.45, 2.75) is 0 Å². The van der Waals surface area contributed by atoms with Crippen LogP contribution in [-0.2, 0) is 0 Å². The van der Waals surface area contributed by atoms with Crippen LogP contribution in [0.4, 0.5) is 0 Å². The average Bonchev–Trinajstić information content (AvgIpc) is 3.34. The Kier molecular flexibility index (Phi) is 9.67. The predicted molar refractivity (Wildman–Crippen MR) is 233 cm³/mol. The summed E-state index contributed by atoms with van der Waals surface area (Å²) in [6.45, 7) is 0. The molecule has 10 aromatic rings. The predicted octanol–water partition coefficient (Wildman–Crippen LogP) is 10.6. The number of hydrogen-bond acceptors (Lipinski definition) is 10. The number of pyridine rings is 10. The summed E-state index contributed by atoms with van der Waals surface area (Å²) in [5.41, 5.74) is 14.0. The molecular formula is C50H32N10. The summed E-state index contributed by atoms with van der Waals surface area (Å²) in [5, 5.41) is 0. The van der Waals surface area contributed by atoms with E-state index >= 15 is 0 Å². The van der Waals surface area contributed by atoms with Crippen LogP contribution in [0.5, 0.6) is 0 Å². The molecule has 0 saturated heterocycles. The summed E-state index contributed by atoms with van der Waals surface area (Å²) in [5.74, 6) is 0. The SMILES string of the molecule is c1ccc(-c2cccnc2-c2cccnc2-c2cccnc2-c2cccnc2-c2cccnc2-c2cccnc2-c2cccnc2-c2cccnc2-c2ccccn2)nc1. The molecule has 60 heavy (non-hydrogen) atoms. The van der Waals surface area contributed by atoms with Gasteiger partial charge in [-0.25, -0.2) is 0 Å². The van der Waals surface area contributed by atoms with Gasteiger partial charge in [-0.15, -0.1) is 0 Å². The molecule has 0 aromatic carbocycles. The van der Waals surface area contributed by atoms with Crippen LogP contribution in [0, 0.1) is 0 Å². The minimum absolute atomic E-state index is 0.705. The third-order valence-corrected chi connectivity index (χ3v) is 10.1. The third-order valence-electron chi connectivity index (χ3n) is 10.1. The first-order valence-corrected chi connectivity index (χ1v) is 19.3. The Balaban J connectivity index is 1.12. The highest BCUT2D eigenvalue weighted by Gasteiger charge is 2.24. The molecule has 10 aromatic heterocycles.